The third kappa shape index (κ3) is 2.93. The minimum atomic E-state index is -0.0102. The Hall–Kier alpha value is -2.31. The molecule has 2 rings (SSSR count). The molecule has 3 N–H and O–H groups in total. The van der Waals surface area contributed by atoms with Gasteiger partial charge in [0.25, 0.3) is 0 Å². The van der Waals surface area contributed by atoms with E-state index >= 15 is 0 Å². The van der Waals surface area contributed by atoms with E-state index in [4.69, 9.17) is 14.9 Å². The van der Waals surface area contributed by atoms with Gasteiger partial charge in [0.15, 0.2) is 0 Å². The van der Waals surface area contributed by atoms with Gasteiger partial charge in [-0.2, -0.15) is 15.0 Å². The standard InChI is InChI=1S/C12H17N5O2/c1-6-5-9(8(3)19-6)7(2)14-11-15-10(13)16-12(17-11)18-4/h5,7H,1-4H3,(H3,13,14,15,16,17). The number of rotatable bonds is 4. The van der Waals surface area contributed by atoms with Crippen LogP contribution in [-0.2, 0) is 0 Å². The first-order valence-electron chi connectivity index (χ1n) is 5.88. The van der Waals surface area contributed by atoms with Crippen LogP contribution in [0.3, 0.4) is 0 Å². The van der Waals surface area contributed by atoms with Gasteiger partial charge in [0, 0.05) is 5.56 Å². The van der Waals surface area contributed by atoms with Crippen LogP contribution in [0.5, 0.6) is 6.01 Å². The number of anilines is 2. The summed E-state index contributed by atoms with van der Waals surface area (Å²) in [5, 5.41) is 3.15. The molecule has 0 saturated carbocycles. The van der Waals surface area contributed by atoms with Crippen molar-refractivity contribution < 1.29 is 9.15 Å². The molecule has 0 spiro atoms. The Balaban J connectivity index is 2.21. The van der Waals surface area contributed by atoms with Gasteiger partial charge >= 0.3 is 6.01 Å². The minimum absolute atomic E-state index is 0.0102. The maximum Gasteiger partial charge on any atom is 0.322 e. The lowest BCUT2D eigenvalue weighted by atomic mass is 10.1. The second-order valence-electron chi connectivity index (χ2n) is 4.24. The number of hydrogen-bond donors (Lipinski definition) is 2. The molecule has 0 radical (unpaired) electrons. The Morgan fingerprint density at radius 1 is 1.32 bits per heavy atom. The van der Waals surface area contributed by atoms with E-state index in [0.29, 0.717) is 5.95 Å². The van der Waals surface area contributed by atoms with E-state index in [1.165, 1.54) is 7.11 Å². The molecule has 7 heteroatoms. The third-order valence-corrected chi connectivity index (χ3v) is 2.71. The topological polar surface area (TPSA) is 99.1 Å². The van der Waals surface area contributed by atoms with E-state index in [1.54, 1.807) is 0 Å². The Morgan fingerprint density at radius 3 is 2.63 bits per heavy atom. The van der Waals surface area contributed by atoms with Crippen LogP contribution in [0, 0.1) is 13.8 Å². The molecule has 2 heterocycles. The highest BCUT2D eigenvalue weighted by molar-refractivity contribution is 5.37. The zero-order valence-electron chi connectivity index (χ0n) is 11.4. The van der Waals surface area contributed by atoms with E-state index in [9.17, 15) is 0 Å². The van der Waals surface area contributed by atoms with Crippen molar-refractivity contribution in [3.63, 3.8) is 0 Å². The molecule has 19 heavy (non-hydrogen) atoms. The van der Waals surface area contributed by atoms with Crippen molar-refractivity contribution in [2.24, 2.45) is 0 Å². The average Bonchev–Trinajstić information content (AvgIpc) is 2.67. The largest absolute Gasteiger partial charge is 0.467 e. The molecule has 0 amide bonds. The molecule has 2 aromatic heterocycles. The molecule has 0 bridgehead atoms. The fourth-order valence-corrected chi connectivity index (χ4v) is 1.88. The van der Waals surface area contributed by atoms with Gasteiger partial charge in [-0.1, -0.05) is 0 Å². The van der Waals surface area contributed by atoms with E-state index in [0.717, 1.165) is 17.1 Å². The molecule has 0 aromatic carbocycles. The minimum Gasteiger partial charge on any atom is -0.467 e. The first-order valence-corrected chi connectivity index (χ1v) is 5.88. The quantitative estimate of drug-likeness (QED) is 0.868. The summed E-state index contributed by atoms with van der Waals surface area (Å²) in [7, 11) is 1.48. The van der Waals surface area contributed by atoms with Gasteiger partial charge in [0.1, 0.15) is 11.5 Å². The number of nitrogens with one attached hydrogen (secondary N) is 1. The lowest BCUT2D eigenvalue weighted by Gasteiger charge is -2.13. The van der Waals surface area contributed by atoms with Crippen LogP contribution >= 0.6 is 0 Å². The Morgan fingerprint density at radius 2 is 2.05 bits per heavy atom. The molecule has 102 valence electrons. The zero-order valence-corrected chi connectivity index (χ0v) is 11.4. The molecule has 2 aromatic rings. The number of hydrogen-bond acceptors (Lipinski definition) is 7. The van der Waals surface area contributed by atoms with Crippen molar-refractivity contribution in [1.82, 2.24) is 15.0 Å². The summed E-state index contributed by atoms with van der Waals surface area (Å²) in [5.41, 5.74) is 6.63. The van der Waals surface area contributed by atoms with Crippen molar-refractivity contribution in [3.8, 4) is 6.01 Å². The highest BCUT2D eigenvalue weighted by Crippen LogP contribution is 2.24. The molecule has 7 nitrogen and oxygen atoms in total. The predicted molar refractivity (Wildman–Crippen MR) is 71.0 cm³/mol. The zero-order chi connectivity index (χ0) is 14.0. The first-order chi connectivity index (χ1) is 8.99. The van der Waals surface area contributed by atoms with Crippen LogP contribution in [0.15, 0.2) is 10.5 Å². The van der Waals surface area contributed by atoms with E-state index in [-0.39, 0.29) is 18.0 Å². The second-order valence-corrected chi connectivity index (χ2v) is 4.24. The van der Waals surface area contributed by atoms with Gasteiger partial charge in [-0.3, -0.25) is 0 Å². The number of nitrogens with zero attached hydrogens (tertiary/aromatic N) is 3. The van der Waals surface area contributed by atoms with E-state index < -0.39 is 0 Å². The maximum absolute atomic E-state index is 5.58. The molecule has 1 unspecified atom stereocenters. The van der Waals surface area contributed by atoms with Gasteiger partial charge in [0.05, 0.1) is 13.2 Å². The Kier molecular flexibility index (Phi) is 3.55. The number of furan rings is 1. The summed E-state index contributed by atoms with van der Waals surface area (Å²) < 4.78 is 10.4. The fourth-order valence-electron chi connectivity index (χ4n) is 1.88. The highest BCUT2D eigenvalue weighted by Gasteiger charge is 2.14. The molecule has 0 aliphatic rings. The number of aryl methyl sites for hydroxylation is 2. The van der Waals surface area contributed by atoms with E-state index in [1.807, 2.05) is 26.8 Å². The molecular weight excluding hydrogens is 246 g/mol. The maximum atomic E-state index is 5.58. The fraction of sp³-hybridized carbons (Fsp3) is 0.417. The number of ether oxygens (including phenoxy) is 1. The summed E-state index contributed by atoms with van der Waals surface area (Å²) in [6.07, 6.45) is 0. The normalized spacial score (nSPS) is 12.2. The van der Waals surface area contributed by atoms with Gasteiger partial charge in [0.2, 0.25) is 11.9 Å². The smallest absolute Gasteiger partial charge is 0.322 e. The van der Waals surface area contributed by atoms with Crippen LogP contribution in [0.25, 0.3) is 0 Å². The summed E-state index contributed by atoms with van der Waals surface area (Å²) in [5.74, 6) is 2.22. The second kappa shape index (κ2) is 5.13. The number of nitrogen functional groups attached to an aromatic ring is 1. The van der Waals surface area contributed by atoms with Crippen LogP contribution in [0.2, 0.25) is 0 Å². The SMILES string of the molecule is COc1nc(N)nc(NC(C)c2cc(C)oc2C)n1. The Bertz CT molecular complexity index is 581. The average molecular weight is 263 g/mol. The van der Waals surface area contributed by atoms with E-state index in [2.05, 4.69) is 20.3 Å². The summed E-state index contributed by atoms with van der Waals surface area (Å²) >= 11 is 0. The Labute approximate surface area is 111 Å². The number of nitrogens with two attached hydrogens (primary N) is 1. The lowest BCUT2D eigenvalue weighted by Crippen LogP contribution is -2.12. The van der Waals surface area contributed by atoms with Crippen LogP contribution in [-0.4, -0.2) is 22.1 Å². The summed E-state index contributed by atoms with van der Waals surface area (Å²) in [4.78, 5) is 11.9. The third-order valence-electron chi connectivity index (χ3n) is 2.71. The van der Waals surface area contributed by atoms with Crippen LogP contribution in [0.1, 0.15) is 30.0 Å². The molecule has 0 fully saturated rings. The number of aromatic nitrogens is 3. The van der Waals surface area contributed by atoms with Crippen LogP contribution in [0.4, 0.5) is 11.9 Å². The lowest BCUT2D eigenvalue weighted by molar-refractivity contribution is 0.379. The van der Waals surface area contributed by atoms with Crippen molar-refractivity contribution in [1.29, 1.82) is 0 Å². The molecule has 0 saturated heterocycles. The van der Waals surface area contributed by atoms with Crippen molar-refractivity contribution in [2.45, 2.75) is 26.8 Å². The van der Waals surface area contributed by atoms with Crippen molar-refractivity contribution in [2.75, 3.05) is 18.2 Å². The van der Waals surface area contributed by atoms with Crippen molar-refractivity contribution >= 4 is 11.9 Å². The predicted octanol–water partition coefficient (Wildman–Crippen LogP) is 1.85. The molecule has 1 atom stereocenters. The van der Waals surface area contributed by atoms with Crippen molar-refractivity contribution in [3.05, 3.63) is 23.2 Å². The van der Waals surface area contributed by atoms with Gasteiger partial charge in [-0.25, -0.2) is 0 Å². The molecule has 0 aliphatic heterocycles. The molecular formula is C12H17N5O2. The van der Waals surface area contributed by atoms with Gasteiger partial charge < -0.3 is 20.2 Å². The molecule has 0 aliphatic carbocycles. The van der Waals surface area contributed by atoms with Gasteiger partial charge in [-0.15, -0.1) is 0 Å². The van der Waals surface area contributed by atoms with Crippen LogP contribution < -0.4 is 15.8 Å². The summed E-state index contributed by atoms with van der Waals surface area (Å²) in [6.45, 7) is 5.82. The van der Waals surface area contributed by atoms with Gasteiger partial charge in [-0.05, 0) is 26.8 Å². The first kappa shape index (κ1) is 13.1. The number of methoxy groups -OCH3 is 1. The monoisotopic (exact) mass is 263 g/mol. The highest BCUT2D eigenvalue weighted by atomic mass is 16.5. The summed E-state index contributed by atoms with van der Waals surface area (Å²) in [6, 6.07) is 2.15.